The van der Waals surface area contributed by atoms with Gasteiger partial charge in [-0.05, 0) is 35.2 Å². The summed E-state index contributed by atoms with van der Waals surface area (Å²) in [5.41, 5.74) is 3.80. The van der Waals surface area contributed by atoms with Crippen molar-refractivity contribution in [3.8, 4) is 0 Å². The number of anilines is 2. The monoisotopic (exact) mass is 679 g/mol. The Bertz CT molecular complexity index is 1890. The Morgan fingerprint density at radius 2 is 1.64 bits per heavy atom. The molecule has 0 bridgehead atoms. The Kier molecular flexibility index (Phi) is 9.51. The van der Waals surface area contributed by atoms with Crippen LogP contribution in [0.4, 0.5) is 16.6 Å². The van der Waals surface area contributed by atoms with E-state index in [1.54, 1.807) is 12.4 Å². The van der Waals surface area contributed by atoms with Crippen LogP contribution in [0, 0.1) is 0 Å². The number of aliphatic hydroxyl groups excluding tert-OH is 2. The van der Waals surface area contributed by atoms with E-state index in [0.717, 1.165) is 16.7 Å². The van der Waals surface area contributed by atoms with Crippen LogP contribution in [-0.4, -0.2) is 95.8 Å². The summed E-state index contributed by atoms with van der Waals surface area (Å²) < 4.78 is 7.03. The van der Waals surface area contributed by atoms with E-state index in [1.807, 2.05) is 53.4 Å². The van der Waals surface area contributed by atoms with Gasteiger partial charge in [0, 0.05) is 50.5 Å². The van der Waals surface area contributed by atoms with E-state index in [-0.39, 0.29) is 23.6 Å². The molecule has 2 amide bonds. The number of nitrogens with zero attached hydrogens (tertiary/aromatic N) is 6. The molecule has 50 heavy (non-hydrogen) atoms. The van der Waals surface area contributed by atoms with Crippen LogP contribution < -0.4 is 20.9 Å². The smallest absolute Gasteiger partial charge is 0.335 e. The van der Waals surface area contributed by atoms with Gasteiger partial charge in [0.1, 0.15) is 12.2 Å². The van der Waals surface area contributed by atoms with Gasteiger partial charge in [0.15, 0.2) is 29.3 Å². The lowest BCUT2D eigenvalue weighted by Gasteiger charge is -2.22. The molecule has 0 aliphatic carbocycles. The van der Waals surface area contributed by atoms with Gasteiger partial charge in [-0.15, -0.1) is 0 Å². The highest BCUT2D eigenvalue weighted by molar-refractivity contribution is 5.85. The minimum Gasteiger partial charge on any atom is -0.479 e. The van der Waals surface area contributed by atoms with Crippen molar-refractivity contribution in [2.24, 2.45) is 0 Å². The highest BCUT2D eigenvalue weighted by Gasteiger charge is 2.48. The largest absolute Gasteiger partial charge is 0.479 e. The quantitative estimate of drug-likeness (QED) is 0.119. The lowest BCUT2D eigenvalue weighted by atomic mass is 9.91. The number of nitrogens with one attached hydrogen (secondary N) is 3. The predicted octanol–water partition coefficient (Wildman–Crippen LogP) is 2.25. The Morgan fingerprint density at radius 1 is 0.940 bits per heavy atom. The number of carbonyl (C=O) groups excluding carboxylic acids is 1. The summed E-state index contributed by atoms with van der Waals surface area (Å²) >= 11 is 0. The zero-order valence-electron chi connectivity index (χ0n) is 26.9. The van der Waals surface area contributed by atoms with E-state index < -0.39 is 30.5 Å². The van der Waals surface area contributed by atoms with Crippen LogP contribution in [0.2, 0.25) is 0 Å². The second-order valence-corrected chi connectivity index (χ2v) is 12.3. The molecule has 6 N–H and O–H groups in total. The molecule has 0 radical (unpaired) electrons. The maximum Gasteiger partial charge on any atom is 0.335 e. The molecule has 15 heteroatoms. The SMILES string of the molecule is O=C(NCc1ccncc1)N[C@@H]1CCN(c2nc(NCC(c3ccccc3)c3ccccc3)c3ncn([C@@H]4O[C@H](C(=O)O)[C@@H](O)[C@H]4O)c3n2)C1. The van der Waals surface area contributed by atoms with Crippen LogP contribution in [0.1, 0.15) is 35.3 Å². The number of carboxylic acid groups (broad SMARTS) is 1. The number of rotatable bonds is 11. The van der Waals surface area contributed by atoms with Crippen LogP contribution in [-0.2, 0) is 16.1 Å². The van der Waals surface area contributed by atoms with Gasteiger partial charge in [-0.1, -0.05) is 60.7 Å². The highest BCUT2D eigenvalue weighted by Crippen LogP contribution is 2.34. The fourth-order valence-corrected chi connectivity index (χ4v) is 6.43. The third-order valence-electron chi connectivity index (χ3n) is 9.05. The molecule has 15 nitrogen and oxygen atoms in total. The number of fused-ring (bicyclic) bond motifs is 1. The lowest BCUT2D eigenvalue weighted by Crippen LogP contribution is -2.43. The molecule has 5 atom stereocenters. The molecule has 0 spiro atoms. The first-order valence-electron chi connectivity index (χ1n) is 16.4. The maximum absolute atomic E-state index is 12.7. The minimum atomic E-state index is -1.65. The number of ether oxygens (including phenoxy) is 1. The lowest BCUT2D eigenvalue weighted by molar-refractivity contribution is -0.155. The molecule has 2 aromatic carbocycles. The van der Waals surface area contributed by atoms with Gasteiger partial charge in [-0.25, -0.2) is 14.6 Å². The van der Waals surface area contributed by atoms with Crippen molar-refractivity contribution in [3.63, 3.8) is 0 Å². The van der Waals surface area contributed by atoms with Gasteiger partial charge >= 0.3 is 12.0 Å². The van der Waals surface area contributed by atoms with Crippen molar-refractivity contribution in [3.05, 3.63) is 108 Å². The van der Waals surface area contributed by atoms with E-state index in [9.17, 15) is 24.9 Å². The Balaban J connectivity index is 1.17. The van der Waals surface area contributed by atoms with Gasteiger partial charge in [0.2, 0.25) is 5.95 Å². The molecule has 2 aliphatic rings. The Hall–Kier alpha value is -5.64. The normalized spacial score (nSPS) is 21.8. The summed E-state index contributed by atoms with van der Waals surface area (Å²) in [6, 6.07) is 23.4. The average Bonchev–Trinajstić information content (AvgIpc) is 3.86. The van der Waals surface area contributed by atoms with E-state index in [1.165, 1.54) is 10.9 Å². The van der Waals surface area contributed by atoms with Gasteiger partial charge in [-0.3, -0.25) is 9.55 Å². The second-order valence-electron chi connectivity index (χ2n) is 12.3. The number of aromatic nitrogens is 5. The van der Waals surface area contributed by atoms with Crippen molar-refractivity contribution >= 4 is 34.9 Å². The summed E-state index contributed by atoms with van der Waals surface area (Å²) in [5, 5.41) is 40.2. The number of imidazole rings is 1. The molecule has 2 aliphatic heterocycles. The summed E-state index contributed by atoms with van der Waals surface area (Å²) in [5.74, 6) is -0.656. The number of carboxylic acids is 1. The van der Waals surface area contributed by atoms with Crippen LogP contribution in [0.25, 0.3) is 11.2 Å². The molecule has 7 rings (SSSR count). The van der Waals surface area contributed by atoms with Crippen LogP contribution >= 0.6 is 0 Å². The number of amides is 2. The first kappa shape index (κ1) is 32.9. The number of carbonyl (C=O) groups is 2. The number of benzene rings is 2. The zero-order valence-corrected chi connectivity index (χ0v) is 26.9. The molecule has 2 fully saturated rings. The zero-order chi connectivity index (χ0) is 34.6. The number of aliphatic carboxylic acids is 1. The van der Waals surface area contributed by atoms with Crippen molar-refractivity contribution in [2.45, 2.75) is 49.5 Å². The maximum atomic E-state index is 12.7. The molecule has 0 unspecified atom stereocenters. The molecule has 5 heterocycles. The fraction of sp³-hybridized carbons (Fsp3) is 0.314. The van der Waals surface area contributed by atoms with E-state index in [2.05, 4.69) is 50.2 Å². The van der Waals surface area contributed by atoms with Crippen LogP contribution in [0.3, 0.4) is 0 Å². The van der Waals surface area contributed by atoms with Crippen LogP contribution in [0.5, 0.6) is 0 Å². The second kappa shape index (κ2) is 14.5. The van der Waals surface area contributed by atoms with Gasteiger partial charge in [-0.2, -0.15) is 9.97 Å². The first-order chi connectivity index (χ1) is 24.4. The standard InChI is InChI=1S/C35H37N9O6/c45-27-28(46)32(50-29(27)33(47)48)44-20-39-26-30(37-18-25(22-7-3-1-4-8-22)23-9-5-2-6-10-23)41-34(42-31(26)44)43-16-13-24(19-43)40-35(49)38-17-21-11-14-36-15-12-21/h1-12,14-15,20,24-25,27-29,32,45-46H,13,16-19H2,(H,47,48)(H,37,41,42)(H2,38,40,49)/t24-,27+,28-,29+,32-/m1/s1. The minimum absolute atomic E-state index is 0.0366. The Labute approximate surface area is 287 Å². The Morgan fingerprint density at radius 3 is 2.30 bits per heavy atom. The number of hydrogen-bond acceptors (Lipinski definition) is 11. The number of hydrogen-bond donors (Lipinski definition) is 6. The molecular formula is C35H37N9O6. The molecule has 0 saturated carbocycles. The molecule has 2 saturated heterocycles. The van der Waals surface area contributed by atoms with E-state index in [0.29, 0.717) is 49.9 Å². The predicted molar refractivity (Wildman–Crippen MR) is 182 cm³/mol. The molecule has 258 valence electrons. The number of pyridine rings is 1. The van der Waals surface area contributed by atoms with Gasteiger partial charge < -0.3 is 40.9 Å². The number of urea groups is 1. The van der Waals surface area contributed by atoms with Crippen molar-refractivity contribution in [1.29, 1.82) is 0 Å². The van der Waals surface area contributed by atoms with Crippen molar-refractivity contribution in [2.75, 3.05) is 29.9 Å². The van der Waals surface area contributed by atoms with Crippen molar-refractivity contribution < 1.29 is 29.6 Å². The summed E-state index contributed by atoms with van der Waals surface area (Å²) in [6.07, 6.45) is -0.698. The van der Waals surface area contributed by atoms with E-state index in [4.69, 9.17) is 14.7 Å². The average molecular weight is 680 g/mol. The van der Waals surface area contributed by atoms with Crippen LogP contribution in [0.15, 0.2) is 91.5 Å². The number of aliphatic hydroxyl groups is 2. The third-order valence-corrected chi connectivity index (χ3v) is 9.05. The summed E-state index contributed by atoms with van der Waals surface area (Å²) in [6.45, 7) is 1.80. The fourth-order valence-electron chi connectivity index (χ4n) is 6.43. The molecular weight excluding hydrogens is 642 g/mol. The molecule has 5 aromatic rings. The summed E-state index contributed by atoms with van der Waals surface area (Å²) in [7, 11) is 0. The van der Waals surface area contributed by atoms with Gasteiger partial charge in [0.25, 0.3) is 0 Å². The van der Waals surface area contributed by atoms with Gasteiger partial charge in [0.05, 0.1) is 6.33 Å². The van der Waals surface area contributed by atoms with E-state index >= 15 is 0 Å². The molecule has 3 aromatic heterocycles. The third kappa shape index (κ3) is 6.92. The van der Waals surface area contributed by atoms with Crippen molar-refractivity contribution in [1.82, 2.24) is 35.1 Å². The highest BCUT2D eigenvalue weighted by atomic mass is 16.6. The first-order valence-corrected chi connectivity index (χ1v) is 16.4. The topological polar surface area (TPSA) is 200 Å². The summed E-state index contributed by atoms with van der Waals surface area (Å²) in [4.78, 5) is 44.6.